The van der Waals surface area contributed by atoms with E-state index in [1.807, 2.05) is 31.2 Å². The molecule has 0 N–H and O–H groups in total. The fourth-order valence-corrected chi connectivity index (χ4v) is 1.32. The fourth-order valence-electron chi connectivity index (χ4n) is 1.21. The zero-order valence-corrected chi connectivity index (χ0v) is 9.03. The zero-order chi connectivity index (χ0) is 10.7. The molecule has 0 radical (unpaired) electrons. The van der Waals surface area contributed by atoms with E-state index in [1.165, 1.54) is 0 Å². The summed E-state index contributed by atoms with van der Waals surface area (Å²) in [6.07, 6.45) is 1.56. The molecule has 2 rings (SSSR count). The van der Waals surface area contributed by atoms with E-state index in [0.717, 1.165) is 11.3 Å². The Hall–Kier alpha value is -1.54. The number of aryl methyl sites for hydroxylation is 1. The molecule has 0 saturated heterocycles. The Kier molecular flexibility index (Phi) is 2.88. The van der Waals surface area contributed by atoms with E-state index in [9.17, 15) is 0 Å². The van der Waals surface area contributed by atoms with Crippen LogP contribution in [0.2, 0.25) is 5.02 Å². The summed E-state index contributed by atoms with van der Waals surface area (Å²) in [5.41, 5.74) is 1.08. The molecule has 0 amide bonds. The van der Waals surface area contributed by atoms with Crippen molar-refractivity contribution in [2.24, 2.45) is 0 Å². The second-order valence-electron chi connectivity index (χ2n) is 3.18. The number of aromatic nitrogens is 1. The quantitative estimate of drug-likeness (QED) is 0.766. The highest BCUT2D eigenvalue weighted by atomic mass is 35.5. The molecule has 0 saturated carbocycles. The van der Waals surface area contributed by atoms with E-state index in [4.69, 9.17) is 16.3 Å². The van der Waals surface area contributed by atoms with E-state index >= 15 is 0 Å². The molecule has 1 heterocycles. The van der Waals surface area contributed by atoms with Crippen molar-refractivity contribution in [2.75, 3.05) is 0 Å². The van der Waals surface area contributed by atoms with Crippen LogP contribution in [0.1, 0.15) is 5.56 Å². The Bertz CT molecular complexity index is 453. The van der Waals surface area contributed by atoms with Crippen molar-refractivity contribution < 1.29 is 4.74 Å². The summed E-state index contributed by atoms with van der Waals surface area (Å²) in [4.78, 5) is 4.06. The second kappa shape index (κ2) is 4.32. The van der Waals surface area contributed by atoms with Crippen LogP contribution >= 0.6 is 11.6 Å². The minimum Gasteiger partial charge on any atom is -0.439 e. The lowest BCUT2D eigenvalue weighted by molar-refractivity contribution is 0.459. The fraction of sp³-hybridized carbons (Fsp3) is 0.0833. The SMILES string of the molecule is Cc1ccccc1Oc1ccc(Cl)cn1. The molecular weight excluding hydrogens is 210 g/mol. The van der Waals surface area contributed by atoms with Crippen molar-refractivity contribution in [1.29, 1.82) is 0 Å². The third-order valence-electron chi connectivity index (χ3n) is 2.01. The molecule has 0 aliphatic rings. The largest absolute Gasteiger partial charge is 0.439 e. The van der Waals surface area contributed by atoms with Crippen molar-refractivity contribution >= 4 is 11.6 Å². The third kappa shape index (κ3) is 2.48. The van der Waals surface area contributed by atoms with E-state index in [1.54, 1.807) is 18.3 Å². The highest BCUT2D eigenvalue weighted by Crippen LogP contribution is 2.23. The van der Waals surface area contributed by atoms with Gasteiger partial charge in [-0.1, -0.05) is 29.8 Å². The van der Waals surface area contributed by atoms with E-state index in [-0.39, 0.29) is 0 Å². The second-order valence-corrected chi connectivity index (χ2v) is 3.62. The van der Waals surface area contributed by atoms with Crippen molar-refractivity contribution in [3.8, 4) is 11.6 Å². The lowest BCUT2D eigenvalue weighted by Gasteiger charge is -2.06. The van der Waals surface area contributed by atoms with Gasteiger partial charge in [0.25, 0.3) is 0 Å². The predicted molar refractivity (Wildman–Crippen MR) is 60.5 cm³/mol. The van der Waals surface area contributed by atoms with Gasteiger partial charge in [0, 0.05) is 12.3 Å². The molecule has 0 aliphatic heterocycles. The first-order valence-corrected chi connectivity index (χ1v) is 4.98. The van der Waals surface area contributed by atoms with Crippen molar-refractivity contribution in [3.05, 3.63) is 53.2 Å². The number of hydrogen-bond donors (Lipinski definition) is 0. The number of nitrogens with zero attached hydrogens (tertiary/aromatic N) is 1. The van der Waals surface area contributed by atoms with E-state index in [0.29, 0.717) is 10.9 Å². The van der Waals surface area contributed by atoms with Gasteiger partial charge >= 0.3 is 0 Å². The summed E-state index contributed by atoms with van der Waals surface area (Å²) >= 11 is 5.73. The van der Waals surface area contributed by atoms with E-state index < -0.39 is 0 Å². The molecule has 0 aliphatic carbocycles. The molecule has 0 atom stereocenters. The van der Waals surface area contributed by atoms with Crippen LogP contribution in [-0.4, -0.2) is 4.98 Å². The highest BCUT2D eigenvalue weighted by molar-refractivity contribution is 6.30. The molecule has 15 heavy (non-hydrogen) atoms. The smallest absolute Gasteiger partial charge is 0.219 e. The van der Waals surface area contributed by atoms with Crippen LogP contribution in [0.5, 0.6) is 11.6 Å². The molecule has 1 aromatic carbocycles. The van der Waals surface area contributed by atoms with Gasteiger partial charge in [-0.2, -0.15) is 0 Å². The minimum absolute atomic E-state index is 0.550. The Labute approximate surface area is 93.5 Å². The molecule has 2 nitrogen and oxygen atoms in total. The Balaban J connectivity index is 2.22. The maximum atomic E-state index is 5.73. The van der Waals surface area contributed by atoms with Crippen LogP contribution in [0, 0.1) is 6.92 Å². The number of pyridine rings is 1. The van der Waals surface area contributed by atoms with Gasteiger partial charge in [-0.3, -0.25) is 0 Å². The average Bonchev–Trinajstić information content (AvgIpc) is 2.25. The summed E-state index contributed by atoms with van der Waals surface area (Å²) in [5, 5.41) is 0.604. The number of hydrogen-bond acceptors (Lipinski definition) is 2. The summed E-state index contributed by atoms with van der Waals surface area (Å²) in [5.74, 6) is 1.36. The van der Waals surface area contributed by atoms with Gasteiger partial charge < -0.3 is 4.74 Å². The summed E-state index contributed by atoms with van der Waals surface area (Å²) in [7, 11) is 0. The van der Waals surface area contributed by atoms with Crippen molar-refractivity contribution in [2.45, 2.75) is 6.92 Å². The van der Waals surface area contributed by atoms with Gasteiger partial charge in [0.15, 0.2) is 0 Å². The number of ether oxygens (including phenoxy) is 1. The first kappa shape index (κ1) is 9.99. The predicted octanol–water partition coefficient (Wildman–Crippen LogP) is 3.84. The topological polar surface area (TPSA) is 22.1 Å². The van der Waals surface area contributed by atoms with Crippen LogP contribution in [-0.2, 0) is 0 Å². The summed E-state index contributed by atoms with van der Waals surface area (Å²) in [6, 6.07) is 11.3. The zero-order valence-electron chi connectivity index (χ0n) is 8.27. The maximum absolute atomic E-state index is 5.73. The van der Waals surface area contributed by atoms with Crippen molar-refractivity contribution in [1.82, 2.24) is 4.98 Å². The molecule has 0 unspecified atom stereocenters. The summed E-state index contributed by atoms with van der Waals surface area (Å²) in [6.45, 7) is 1.99. The molecule has 1 aromatic heterocycles. The van der Waals surface area contributed by atoms with Crippen molar-refractivity contribution in [3.63, 3.8) is 0 Å². The van der Waals surface area contributed by atoms with E-state index in [2.05, 4.69) is 4.98 Å². The number of halogens is 1. The molecule has 3 heteroatoms. The van der Waals surface area contributed by atoms with Crippen LogP contribution in [0.15, 0.2) is 42.6 Å². The Morgan fingerprint density at radius 1 is 1.13 bits per heavy atom. The van der Waals surface area contributed by atoms with Gasteiger partial charge in [0.1, 0.15) is 5.75 Å². The first-order valence-electron chi connectivity index (χ1n) is 4.61. The average molecular weight is 220 g/mol. The maximum Gasteiger partial charge on any atom is 0.219 e. The standard InChI is InChI=1S/C12H10ClNO/c1-9-4-2-3-5-11(9)15-12-7-6-10(13)8-14-12/h2-8H,1H3. The molecule has 2 aromatic rings. The van der Waals surface area contributed by atoms with Crippen LogP contribution < -0.4 is 4.74 Å². The van der Waals surface area contributed by atoms with Crippen LogP contribution in [0.3, 0.4) is 0 Å². The molecule has 0 bridgehead atoms. The first-order chi connectivity index (χ1) is 7.25. The van der Waals surface area contributed by atoms with Gasteiger partial charge in [0.05, 0.1) is 5.02 Å². The lowest BCUT2D eigenvalue weighted by atomic mass is 10.2. The Morgan fingerprint density at radius 3 is 2.60 bits per heavy atom. The number of rotatable bonds is 2. The Morgan fingerprint density at radius 2 is 1.93 bits per heavy atom. The summed E-state index contributed by atoms with van der Waals surface area (Å²) < 4.78 is 5.59. The van der Waals surface area contributed by atoms with Gasteiger partial charge in [-0.15, -0.1) is 0 Å². The molecule has 0 spiro atoms. The third-order valence-corrected chi connectivity index (χ3v) is 2.23. The number of para-hydroxylation sites is 1. The normalized spacial score (nSPS) is 10.0. The monoisotopic (exact) mass is 219 g/mol. The molecule has 76 valence electrons. The van der Waals surface area contributed by atoms with Crippen LogP contribution in [0.25, 0.3) is 0 Å². The van der Waals surface area contributed by atoms with Gasteiger partial charge in [-0.25, -0.2) is 4.98 Å². The van der Waals surface area contributed by atoms with Gasteiger partial charge in [0.2, 0.25) is 5.88 Å². The van der Waals surface area contributed by atoms with Gasteiger partial charge in [-0.05, 0) is 24.6 Å². The minimum atomic E-state index is 0.550. The lowest BCUT2D eigenvalue weighted by Crippen LogP contribution is -1.89. The molecular formula is C12H10ClNO. The number of benzene rings is 1. The molecule has 0 fully saturated rings. The highest BCUT2D eigenvalue weighted by Gasteiger charge is 2.00. The van der Waals surface area contributed by atoms with Crippen LogP contribution in [0.4, 0.5) is 0 Å².